The molecule has 1 rings (SSSR count). The third kappa shape index (κ3) is 3.63. The van der Waals surface area contributed by atoms with Crippen LogP contribution in [0.4, 0.5) is 26.3 Å². The van der Waals surface area contributed by atoms with Gasteiger partial charge in [-0.05, 0) is 37.1 Å². The van der Waals surface area contributed by atoms with Gasteiger partial charge in [0.15, 0.2) is 0 Å². The first-order chi connectivity index (χ1) is 8.16. The zero-order chi connectivity index (χ0) is 14.0. The van der Waals surface area contributed by atoms with Crippen LogP contribution in [0, 0.1) is 0 Å². The van der Waals surface area contributed by atoms with E-state index in [1.165, 1.54) is 0 Å². The number of nitrogens with two attached hydrogens (primary N) is 1. The molecule has 0 amide bonds. The van der Waals surface area contributed by atoms with E-state index in [0.29, 0.717) is 6.07 Å². The third-order valence-electron chi connectivity index (χ3n) is 2.39. The van der Waals surface area contributed by atoms with Crippen LogP contribution in [0.3, 0.4) is 0 Å². The Morgan fingerprint density at radius 2 is 1.56 bits per heavy atom. The van der Waals surface area contributed by atoms with Gasteiger partial charge in [-0.15, -0.1) is 0 Å². The Balaban J connectivity index is 3.21. The highest BCUT2D eigenvalue weighted by atomic mass is 19.4. The largest absolute Gasteiger partial charge is 0.416 e. The van der Waals surface area contributed by atoms with Gasteiger partial charge in [-0.25, -0.2) is 0 Å². The van der Waals surface area contributed by atoms with Gasteiger partial charge >= 0.3 is 12.4 Å². The predicted molar refractivity (Wildman–Crippen MR) is 53.8 cm³/mol. The number of benzene rings is 1. The second kappa shape index (κ2) is 5.17. The van der Waals surface area contributed by atoms with Crippen molar-refractivity contribution in [2.45, 2.75) is 25.2 Å². The third-order valence-corrected chi connectivity index (χ3v) is 2.39. The van der Waals surface area contributed by atoms with E-state index in [4.69, 9.17) is 5.73 Å². The lowest BCUT2D eigenvalue weighted by molar-refractivity contribution is -0.143. The molecule has 7 heteroatoms. The summed E-state index contributed by atoms with van der Waals surface area (Å²) in [4.78, 5) is 0. The molecule has 1 aromatic carbocycles. The summed E-state index contributed by atoms with van der Waals surface area (Å²) in [5.74, 6) is 0. The molecule has 0 unspecified atom stereocenters. The van der Waals surface area contributed by atoms with Crippen LogP contribution < -0.4 is 5.73 Å². The average molecular weight is 271 g/mol. The Bertz CT molecular complexity index is 407. The monoisotopic (exact) mass is 271 g/mol. The molecule has 0 radical (unpaired) electrons. The summed E-state index contributed by atoms with van der Waals surface area (Å²) >= 11 is 0. The molecule has 0 fully saturated rings. The first kappa shape index (κ1) is 14.8. The van der Waals surface area contributed by atoms with Gasteiger partial charge < -0.3 is 5.73 Å². The molecule has 0 atom stereocenters. The fourth-order valence-corrected chi connectivity index (χ4v) is 1.53. The summed E-state index contributed by atoms with van der Waals surface area (Å²) in [5, 5.41) is 0. The van der Waals surface area contributed by atoms with Crippen molar-refractivity contribution in [3.05, 3.63) is 34.9 Å². The van der Waals surface area contributed by atoms with Crippen molar-refractivity contribution < 1.29 is 26.3 Å². The Hall–Kier alpha value is -1.24. The number of hydrogen-bond acceptors (Lipinski definition) is 1. The molecule has 0 aliphatic carbocycles. The van der Waals surface area contributed by atoms with E-state index >= 15 is 0 Å². The Morgan fingerprint density at radius 1 is 0.944 bits per heavy atom. The van der Waals surface area contributed by atoms with Gasteiger partial charge in [0, 0.05) is 0 Å². The lowest BCUT2D eigenvalue weighted by Gasteiger charge is -2.15. The average Bonchev–Trinajstić information content (AvgIpc) is 2.23. The Morgan fingerprint density at radius 3 is 2.00 bits per heavy atom. The first-order valence-electron chi connectivity index (χ1n) is 5.13. The van der Waals surface area contributed by atoms with Crippen molar-refractivity contribution in [3.63, 3.8) is 0 Å². The predicted octanol–water partition coefficient (Wildman–Crippen LogP) is 3.62. The number of rotatable bonds is 3. The van der Waals surface area contributed by atoms with Crippen molar-refractivity contribution in [2.24, 2.45) is 5.73 Å². The molecule has 1 aromatic rings. The zero-order valence-corrected chi connectivity index (χ0v) is 9.20. The van der Waals surface area contributed by atoms with Crippen LogP contribution in [-0.4, -0.2) is 6.54 Å². The second-order valence-electron chi connectivity index (χ2n) is 3.76. The van der Waals surface area contributed by atoms with Crippen LogP contribution in [0.1, 0.15) is 23.1 Å². The second-order valence-corrected chi connectivity index (χ2v) is 3.76. The number of hydrogen-bond donors (Lipinski definition) is 1. The summed E-state index contributed by atoms with van der Waals surface area (Å²) < 4.78 is 75.0. The van der Waals surface area contributed by atoms with E-state index in [0.717, 1.165) is 6.07 Å². The van der Waals surface area contributed by atoms with Crippen LogP contribution in [0.25, 0.3) is 0 Å². The maximum Gasteiger partial charge on any atom is 0.416 e. The molecule has 0 saturated heterocycles. The van der Waals surface area contributed by atoms with Gasteiger partial charge in [0.25, 0.3) is 0 Å². The molecule has 1 nitrogen and oxygen atoms in total. The quantitative estimate of drug-likeness (QED) is 0.835. The molecule has 0 aliphatic heterocycles. The summed E-state index contributed by atoms with van der Waals surface area (Å²) in [6, 6.07) is 1.66. The molecule has 0 aliphatic rings. The zero-order valence-electron chi connectivity index (χ0n) is 9.20. The van der Waals surface area contributed by atoms with E-state index in [1.807, 2.05) is 0 Å². The summed E-state index contributed by atoms with van der Waals surface area (Å²) in [6.07, 6.45) is -9.30. The number of halogens is 6. The van der Waals surface area contributed by atoms with Crippen molar-refractivity contribution in [2.75, 3.05) is 6.54 Å². The summed E-state index contributed by atoms with van der Waals surface area (Å²) in [6.45, 7) is 0.179. The lowest BCUT2D eigenvalue weighted by atomic mass is 9.99. The molecule has 18 heavy (non-hydrogen) atoms. The number of aryl methyl sites for hydroxylation is 1. The van der Waals surface area contributed by atoms with Gasteiger partial charge in [-0.2, -0.15) is 26.3 Å². The molecule has 0 bridgehead atoms. The van der Waals surface area contributed by atoms with E-state index in [-0.39, 0.29) is 31.0 Å². The normalized spacial score (nSPS) is 12.8. The van der Waals surface area contributed by atoms with Crippen LogP contribution in [-0.2, 0) is 18.8 Å². The van der Waals surface area contributed by atoms with Gasteiger partial charge in [0.2, 0.25) is 0 Å². The molecule has 0 aromatic heterocycles. The highest BCUT2D eigenvalue weighted by Gasteiger charge is 2.37. The maximum absolute atomic E-state index is 12.6. The summed E-state index contributed by atoms with van der Waals surface area (Å²) in [7, 11) is 0. The van der Waals surface area contributed by atoms with Crippen LogP contribution in [0.15, 0.2) is 18.2 Å². The van der Waals surface area contributed by atoms with Gasteiger partial charge in [-0.1, -0.05) is 6.07 Å². The van der Waals surface area contributed by atoms with E-state index in [9.17, 15) is 26.3 Å². The summed E-state index contributed by atoms with van der Waals surface area (Å²) in [5.41, 5.74) is 2.46. The first-order valence-corrected chi connectivity index (χ1v) is 5.13. The fraction of sp³-hybridized carbons (Fsp3) is 0.455. The minimum absolute atomic E-state index is 0.00345. The van der Waals surface area contributed by atoms with Crippen molar-refractivity contribution in [1.82, 2.24) is 0 Å². The highest BCUT2D eigenvalue weighted by molar-refractivity contribution is 5.35. The van der Waals surface area contributed by atoms with Gasteiger partial charge in [-0.3, -0.25) is 0 Å². The van der Waals surface area contributed by atoms with Crippen molar-refractivity contribution in [1.29, 1.82) is 0 Å². The van der Waals surface area contributed by atoms with E-state index in [2.05, 4.69) is 0 Å². The van der Waals surface area contributed by atoms with Crippen LogP contribution in [0.5, 0.6) is 0 Å². The molecule has 102 valence electrons. The molecular weight excluding hydrogens is 260 g/mol. The van der Waals surface area contributed by atoms with Crippen molar-refractivity contribution >= 4 is 0 Å². The van der Waals surface area contributed by atoms with Gasteiger partial charge in [0.1, 0.15) is 0 Å². The minimum atomic E-state index is -4.80. The maximum atomic E-state index is 12.6. The molecular formula is C11H11F6N. The van der Waals surface area contributed by atoms with E-state index in [1.54, 1.807) is 0 Å². The molecule has 0 saturated carbocycles. The lowest BCUT2D eigenvalue weighted by Crippen LogP contribution is -2.14. The Kier molecular flexibility index (Phi) is 4.26. The fourth-order valence-electron chi connectivity index (χ4n) is 1.53. The topological polar surface area (TPSA) is 26.0 Å². The molecule has 0 spiro atoms. The Labute approximate surface area is 99.6 Å². The smallest absolute Gasteiger partial charge is 0.330 e. The number of alkyl halides is 6. The molecule has 2 N–H and O–H groups in total. The van der Waals surface area contributed by atoms with Crippen molar-refractivity contribution in [3.8, 4) is 0 Å². The SMILES string of the molecule is NCCCc1ccc(C(F)(F)F)cc1C(F)(F)F. The highest BCUT2D eigenvalue weighted by Crippen LogP contribution is 2.37. The van der Waals surface area contributed by atoms with Gasteiger partial charge in [0.05, 0.1) is 11.1 Å². The van der Waals surface area contributed by atoms with E-state index < -0.39 is 23.5 Å². The minimum Gasteiger partial charge on any atom is -0.330 e. The van der Waals surface area contributed by atoms with Crippen LogP contribution >= 0.6 is 0 Å². The standard InChI is InChI=1S/C11H11F6N/c12-10(13,14)8-4-3-7(2-1-5-18)9(6-8)11(15,16)17/h3-4,6H,1-2,5,18H2. The van der Waals surface area contributed by atoms with Crippen LogP contribution in [0.2, 0.25) is 0 Å². The molecule has 0 heterocycles.